The van der Waals surface area contributed by atoms with Crippen LogP contribution in [0.5, 0.6) is 0 Å². The summed E-state index contributed by atoms with van der Waals surface area (Å²) in [7, 11) is 0. The lowest BCUT2D eigenvalue weighted by molar-refractivity contribution is -0.138. The van der Waals surface area contributed by atoms with Gasteiger partial charge in [-0.2, -0.15) is 13.2 Å². The highest BCUT2D eigenvalue weighted by Crippen LogP contribution is 2.32. The number of alkyl halides is 3. The van der Waals surface area contributed by atoms with E-state index in [1.807, 2.05) is 23.6 Å². The van der Waals surface area contributed by atoms with Crippen molar-refractivity contribution in [2.75, 3.05) is 32.7 Å². The molecule has 0 N–H and O–H groups in total. The second kappa shape index (κ2) is 8.69. The van der Waals surface area contributed by atoms with E-state index in [0.29, 0.717) is 12.1 Å². The standard InChI is InChI=1S/C21H22F3N3OS/c22-21(23,24)18-5-2-1-4-16(18)15-27-11-9-26(10-12-27)8-7-17-14-19(25-28-17)20-6-3-13-29-20/h1-6,13-14H,7-12,15H2. The van der Waals surface area contributed by atoms with Crippen molar-refractivity contribution in [1.82, 2.24) is 15.0 Å². The topological polar surface area (TPSA) is 32.5 Å². The second-order valence-electron chi connectivity index (χ2n) is 7.18. The first-order chi connectivity index (χ1) is 14.0. The van der Waals surface area contributed by atoms with Gasteiger partial charge in [-0.25, -0.2) is 0 Å². The lowest BCUT2D eigenvalue weighted by Gasteiger charge is -2.35. The Labute approximate surface area is 171 Å². The monoisotopic (exact) mass is 421 g/mol. The zero-order chi connectivity index (χ0) is 20.3. The molecule has 8 heteroatoms. The van der Waals surface area contributed by atoms with Crippen LogP contribution in [0.3, 0.4) is 0 Å². The number of thiophene rings is 1. The minimum absolute atomic E-state index is 0.329. The van der Waals surface area contributed by atoms with E-state index >= 15 is 0 Å². The van der Waals surface area contributed by atoms with E-state index in [2.05, 4.69) is 15.0 Å². The van der Waals surface area contributed by atoms with Crippen molar-refractivity contribution < 1.29 is 17.7 Å². The molecule has 3 aromatic rings. The lowest BCUT2D eigenvalue weighted by Crippen LogP contribution is -2.46. The second-order valence-corrected chi connectivity index (χ2v) is 8.13. The third kappa shape index (κ3) is 5.07. The predicted molar refractivity (Wildman–Crippen MR) is 107 cm³/mol. The van der Waals surface area contributed by atoms with Crippen LogP contribution in [0.1, 0.15) is 16.9 Å². The smallest absolute Gasteiger partial charge is 0.361 e. The van der Waals surface area contributed by atoms with Gasteiger partial charge >= 0.3 is 6.18 Å². The van der Waals surface area contributed by atoms with E-state index in [1.165, 1.54) is 6.07 Å². The fraction of sp³-hybridized carbons (Fsp3) is 0.381. The molecular formula is C21H22F3N3OS. The zero-order valence-electron chi connectivity index (χ0n) is 15.9. The van der Waals surface area contributed by atoms with E-state index in [4.69, 9.17) is 4.52 Å². The maximum absolute atomic E-state index is 13.2. The number of rotatable bonds is 6. The van der Waals surface area contributed by atoms with Crippen LogP contribution in [-0.2, 0) is 19.1 Å². The highest BCUT2D eigenvalue weighted by molar-refractivity contribution is 7.13. The molecule has 1 aromatic carbocycles. The molecule has 0 saturated carbocycles. The molecule has 0 radical (unpaired) electrons. The van der Waals surface area contributed by atoms with Gasteiger partial charge in [0.05, 0.1) is 10.4 Å². The summed E-state index contributed by atoms with van der Waals surface area (Å²) in [6.45, 7) is 4.36. The van der Waals surface area contributed by atoms with E-state index in [1.54, 1.807) is 23.5 Å². The molecule has 1 aliphatic heterocycles. The third-order valence-electron chi connectivity index (χ3n) is 5.19. The summed E-state index contributed by atoms with van der Waals surface area (Å²) in [4.78, 5) is 5.50. The number of piperazine rings is 1. The van der Waals surface area contributed by atoms with E-state index in [-0.39, 0.29) is 0 Å². The Morgan fingerprint density at radius 2 is 1.76 bits per heavy atom. The summed E-state index contributed by atoms with van der Waals surface area (Å²) in [5.74, 6) is 0.856. The highest BCUT2D eigenvalue weighted by atomic mass is 32.1. The van der Waals surface area contributed by atoms with Gasteiger partial charge in [-0.3, -0.25) is 4.90 Å². The van der Waals surface area contributed by atoms with Gasteiger partial charge in [0.1, 0.15) is 11.5 Å². The van der Waals surface area contributed by atoms with Crippen LogP contribution in [-0.4, -0.2) is 47.7 Å². The van der Waals surface area contributed by atoms with Gasteiger partial charge in [0.2, 0.25) is 0 Å². The summed E-state index contributed by atoms with van der Waals surface area (Å²) in [6.07, 6.45) is -3.53. The Morgan fingerprint density at radius 1 is 1.00 bits per heavy atom. The van der Waals surface area contributed by atoms with Gasteiger partial charge in [0.15, 0.2) is 0 Å². The van der Waals surface area contributed by atoms with Crippen LogP contribution in [0.2, 0.25) is 0 Å². The quantitative estimate of drug-likeness (QED) is 0.573. The fourth-order valence-electron chi connectivity index (χ4n) is 3.59. The number of hydrogen-bond acceptors (Lipinski definition) is 5. The summed E-state index contributed by atoms with van der Waals surface area (Å²) in [5.41, 5.74) is 0.675. The van der Waals surface area contributed by atoms with Crippen LogP contribution < -0.4 is 0 Å². The number of halogens is 3. The normalized spacial score (nSPS) is 16.4. The zero-order valence-corrected chi connectivity index (χ0v) is 16.7. The first-order valence-electron chi connectivity index (χ1n) is 9.58. The molecule has 0 aliphatic carbocycles. The van der Waals surface area contributed by atoms with Gasteiger partial charge < -0.3 is 9.42 Å². The number of hydrogen-bond donors (Lipinski definition) is 0. The molecule has 0 unspecified atom stereocenters. The van der Waals surface area contributed by atoms with Crippen molar-refractivity contribution in [3.63, 3.8) is 0 Å². The van der Waals surface area contributed by atoms with Crippen LogP contribution >= 0.6 is 11.3 Å². The Hall–Kier alpha value is -2.16. The number of benzene rings is 1. The van der Waals surface area contributed by atoms with Gasteiger partial charge in [-0.05, 0) is 23.1 Å². The Kier molecular flexibility index (Phi) is 6.03. The number of nitrogens with zero attached hydrogens (tertiary/aromatic N) is 3. The molecular weight excluding hydrogens is 399 g/mol. The fourth-order valence-corrected chi connectivity index (χ4v) is 4.26. The highest BCUT2D eigenvalue weighted by Gasteiger charge is 2.33. The van der Waals surface area contributed by atoms with Crippen molar-refractivity contribution in [2.24, 2.45) is 0 Å². The Bertz CT molecular complexity index is 915. The molecule has 1 fully saturated rings. The summed E-state index contributed by atoms with van der Waals surface area (Å²) >= 11 is 1.63. The summed E-state index contributed by atoms with van der Waals surface area (Å²) in [6, 6.07) is 11.8. The van der Waals surface area contributed by atoms with E-state index < -0.39 is 11.7 Å². The van der Waals surface area contributed by atoms with Crippen molar-refractivity contribution in [3.05, 3.63) is 64.7 Å². The molecule has 4 rings (SSSR count). The molecule has 2 aromatic heterocycles. The summed E-state index contributed by atoms with van der Waals surface area (Å²) in [5, 5.41) is 6.14. The third-order valence-corrected chi connectivity index (χ3v) is 6.08. The van der Waals surface area contributed by atoms with Gasteiger partial charge in [0, 0.05) is 51.8 Å². The molecule has 154 valence electrons. The SMILES string of the molecule is FC(F)(F)c1ccccc1CN1CCN(CCc2cc(-c3cccs3)no2)CC1. The average molecular weight is 421 g/mol. The molecule has 0 amide bonds. The van der Waals surface area contributed by atoms with Crippen molar-refractivity contribution in [2.45, 2.75) is 19.1 Å². The first kappa shape index (κ1) is 20.1. The van der Waals surface area contributed by atoms with Crippen LogP contribution in [0.25, 0.3) is 10.6 Å². The minimum atomic E-state index is -4.31. The van der Waals surface area contributed by atoms with Gasteiger partial charge in [-0.15, -0.1) is 11.3 Å². The first-order valence-corrected chi connectivity index (χ1v) is 10.5. The maximum atomic E-state index is 13.2. The molecule has 1 saturated heterocycles. The Balaban J connectivity index is 1.26. The molecule has 0 atom stereocenters. The van der Waals surface area contributed by atoms with Crippen molar-refractivity contribution in [1.29, 1.82) is 0 Å². The van der Waals surface area contributed by atoms with Gasteiger partial charge in [-0.1, -0.05) is 29.4 Å². The largest absolute Gasteiger partial charge is 0.416 e. The van der Waals surface area contributed by atoms with E-state index in [0.717, 1.165) is 61.5 Å². The molecule has 1 aliphatic rings. The minimum Gasteiger partial charge on any atom is -0.361 e. The van der Waals surface area contributed by atoms with E-state index in [9.17, 15) is 13.2 Å². The number of aromatic nitrogens is 1. The maximum Gasteiger partial charge on any atom is 0.416 e. The molecule has 29 heavy (non-hydrogen) atoms. The molecule has 3 heterocycles. The predicted octanol–water partition coefficient (Wildman–Crippen LogP) is 4.78. The van der Waals surface area contributed by atoms with Crippen LogP contribution in [0, 0.1) is 0 Å². The van der Waals surface area contributed by atoms with Crippen LogP contribution in [0.15, 0.2) is 52.4 Å². The molecule has 0 bridgehead atoms. The summed E-state index contributed by atoms with van der Waals surface area (Å²) < 4.78 is 45.0. The molecule has 4 nitrogen and oxygen atoms in total. The lowest BCUT2D eigenvalue weighted by atomic mass is 10.1. The molecule has 0 spiro atoms. The Morgan fingerprint density at radius 3 is 2.48 bits per heavy atom. The van der Waals surface area contributed by atoms with Gasteiger partial charge in [0.25, 0.3) is 0 Å². The van der Waals surface area contributed by atoms with Crippen LogP contribution in [0.4, 0.5) is 13.2 Å². The van der Waals surface area contributed by atoms with Crippen molar-refractivity contribution in [3.8, 4) is 10.6 Å². The van der Waals surface area contributed by atoms with Crippen molar-refractivity contribution >= 4 is 11.3 Å². The average Bonchev–Trinajstić information content (AvgIpc) is 3.39.